The van der Waals surface area contributed by atoms with Gasteiger partial charge in [-0.25, -0.2) is 9.97 Å². The van der Waals surface area contributed by atoms with Crippen molar-refractivity contribution in [2.75, 3.05) is 27.2 Å². The van der Waals surface area contributed by atoms with Crippen LogP contribution in [-0.2, 0) is 6.54 Å². The minimum Gasteiger partial charge on any atom is -0.489 e. The fourth-order valence-corrected chi connectivity index (χ4v) is 1.30. The first kappa shape index (κ1) is 13.9. The summed E-state index contributed by atoms with van der Waals surface area (Å²) in [5, 5.41) is 0. The maximum Gasteiger partial charge on any atom is 0.160 e. The van der Waals surface area contributed by atoms with Crippen LogP contribution in [0.4, 0.5) is 0 Å². The second kappa shape index (κ2) is 6.51. The molecule has 0 atom stereocenters. The summed E-state index contributed by atoms with van der Waals surface area (Å²) in [5.74, 6) is 1.81. The summed E-state index contributed by atoms with van der Waals surface area (Å²) >= 11 is 0. The monoisotopic (exact) mass is 238 g/mol. The lowest BCUT2D eigenvalue weighted by Crippen LogP contribution is -2.20. The molecule has 0 saturated heterocycles. The van der Waals surface area contributed by atoms with Gasteiger partial charge < -0.3 is 15.4 Å². The standard InChI is InChI=1S/C12H22N4O/c1-9(2)12-14-8-11(10(7-13)15-12)17-6-5-16(3)4/h8-9H,5-7,13H2,1-4H3. The molecule has 2 N–H and O–H groups in total. The van der Waals surface area contributed by atoms with Crippen molar-refractivity contribution >= 4 is 0 Å². The van der Waals surface area contributed by atoms with E-state index >= 15 is 0 Å². The molecule has 17 heavy (non-hydrogen) atoms. The fourth-order valence-electron chi connectivity index (χ4n) is 1.30. The zero-order chi connectivity index (χ0) is 12.8. The molecule has 0 radical (unpaired) electrons. The second-order valence-corrected chi connectivity index (χ2v) is 4.55. The molecule has 1 heterocycles. The van der Waals surface area contributed by atoms with Crippen LogP contribution in [-0.4, -0.2) is 42.1 Å². The quantitative estimate of drug-likeness (QED) is 0.801. The van der Waals surface area contributed by atoms with E-state index in [1.165, 1.54) is 0 Å². The predicted molar refractivity (Wildman–Crippen MR) is 68.1 cm³/mol. The topological polar surface area (TPSA) is 64.3 Å². The number of ether oxygens (including phenoxy) is 1. The molecule has 1 aromatic rings. The Bertz CT molecular complexity index is 352. The predicted octanol–water partition coefficient (Wildman–Crippen LogP) is 0.999. The highest BCUT2D eigenvalue weighted by molar-refractivity contribution is 5.25. The Kier molecular flexibility index (Phi) is 5.31. The molecule has 0 saturated carbocycles. The van der Waals surface area contributed by atoms with E-state index in [0.29, 0.717) is 24.8 Å². The SMILES string of the molecule is CC(C)c1ncc(OCCN(C)C)c(CN)n1. The summed E-state index contributed by atoms with van der Waals surface area (Å²) in [5.41, 5.74) is 6.45. The van der Waals surface area contributed by atoms with Gasteiger partial charge in [-0.15, -0.1) is 0 Å². The molecule has 0 aromatic carbocycles. The molecule has 0 aliphatic carbocycles. The fraction of sp³-hybridized carbons (Fsp3) is 0.667. The Balaban J connectivity index is 2.71. The summed E-state index contributed by atoms with van der Waals surface area (Å²) in [6.07, 6.45) is 1.72. The van der Waals surface area contributed by atoms with Crippen molar-refractivity contribution in [2.45, 2.75) is 26.3 Å². The number of nitrogens with zero attached hydrogens (tertiary/aromatic N) is 3. The Morgan fingerprint density at radius 1 is 1.41 bits per heavy atom. The van der Waals surface area contributed by atoms with Crippen molar-refractivity contribution in [1.29, 1.82) is 0 Å². The molecule has 0 aliphatic heterocycles. The van der Waals surface area contributed by atoms with Crippen LogP contribution in [0.1, 0.15) is 31.3 Å². The summed E-state index contributed by atoms with van der Waals surface area (Å²) in [6.45, 7) is 5.96. The lowest BCUT2D eigenvalue weighted by molar-refractivity contribution is 0.257. The maximum atomic E-state index is 5.67. The number of hydrogen-bond donors (Lipinski definition) is 1. The molecule has 0 aliphatic rings. The van der Waals surface area contributed by atoms with Gasteiger partial charge in [-0.2, -0.15) is 0 Å². The van der Waals surface area contributed by atoms with Crippen LogP contribution in [0.2, 0.25) is 0 Å². The zero-order valence-electron chi connectivity index (χ0n) is 11.1. The highest BCUT2D eigenvalue weighted by Gasteiger charge is 2.09. The normalized spacial score (nSPS) is 11.2. The van der Waals surface area contributed by atoms with E-state index in [0.717, 1.165) is 18.1 Å². The van der Waals surface area contributed by atoms with Gasteiger partial charge in [0.2, 0.25) is 0 Å². The van der Waals surface area contributed by atoms with Gasteiger partial charge in [0.05, 0.1) is 11.9 Å². The third-order valence-electron chi connectivity index (χ3n) is 2.35. The van der Waals surface area contributed by atoms with Crippen LogP contribution < -0.4 is 10.5 Å². The number of hydrogen-bond acceptors (Lipinski definition) is 5. The van der Waals surface area contributed by atoms with Crippen LogP contribution in [0.15, 0.2) is 6.20 Å². The molecule has 0 spiro atoms. The molecular weight excluding hydrogens is 216 g/mol. The van der Waals surface area contributed by atoms with Gasteiger partial charge >= 0.3 is 0 Å². The summed E-state index contributed by atoms with van der Waals surface area (Å²) < 4.78 is 5.63. The van der Waals surface area contributed by atoms with E-state index in [-0.39, 0.29) is 0 Å². The lowest BCUT2D eigenvalue weighted by Gasteiger charge is -2.14. The van der Waals surface area contributed by atoms with Crippen LogP contribution in [0.5, 0.6) is 5.75 Å². The molecule has 0 unspecified atom stereocenters. The van der Waals surface area contributed by atoms with Gasteiger partial charge in [0, 0.05) is 19.0 Å². The molecule has 5 nitrogen and oxygen atoms in total. The van der Waals surface area contributed by atoms with Crippen molar-refractivity contribution in [3.63, 3.8) is 0 Å². The third-order valence-corrected chi connectivity index (χ3v) is 2.35. The Labute approximate surface area is 103 Å². The number of likely N-dealkylation sites (N-methyl/N-ethyl adjacent to an activating group) is 1. The second-order valence-electron chi connectivity index (χ2n) is 4.55. The van der Waals surface area contributed by atoms with Crippen molar-refractivity contribution in [1.82, 2.24) is 14.9 Å². The van der Waals surface area contributed by atoms with Gasteiger partial charge in [-0.05, 0) is 14.1 Å². The van der Waals surface area contributed by atoms with Crippen LogP contribution >= 0.6 is 0 Å². The Morgan fingerprint density at radius 2 is 2.12 bits per heavy atom. The van der Waals surface area contributed by atoms with E-state index < -0.39 is 0 Å². The molecule has 0 amide bonds. The first-order valence-electron chi connectivity index (χ1n) is 5.88. The molecule has 5 heteroatoms. The highest BCUT2D eigenvalue weighted by Crippen LogP contribution is 2.17. The van der Waals surface area contributed by atoms with Crippen molar-refractivity contribution in [3.05, 3.63) is 17.7 Å². The number of aromatic nitrogens is 2. The van der Waals surface area contributed by atoms with E-state index in [4.69, 9.17) is 10.5 Å². The molecule has 0 fully saturated rings. The lowest BCUT2D eigenvalue weighted by atomic mass is 10.2. The van der Waals surface area contributed by atoms with Crippen LogP contribution in [0.3, 0.4) is 0 Å². The van der Waals surface area contributed by atoms with E-state index in [2.05, 4.69) is 28.7 Å². The van der Waals surface area contributed by atoms with Gasteiger partial charge in [-0.1, -0.05) is 13.8 Å². The van der Waals surface area contributed by atoms with Gasteiger partial charge in [0.25, 0.3) is 0 Å². The van der Waals surface area contributed by atoms with Gasteiger partial charge in [-0.3, -0.25) is 0 Å². The molecule has 0 bridgehead atoms. The Morgan fingerprint density at radius 3 is 2.65 bits per heavy atom. The average Bonchev–Trinajstić information content (AvgIpc) is 2.28. The summed E-state index contributed by atoms with van der Waals surface area (Å²) in [6, 6.07) is 0. The maximum absolute atomic E-state index is 5.67. The first-order valence-corrected chi connectivity index (χ1v) is 5.88. The van der Waals surface area contributed by atoms with Crippen molar-refractivity contribution < 1.29 is 4.74 Å². The largest absolute Gasteiger partial charge is 0.489 e. The van der Waals surface area contributed by atoms with Crippen LogP contribution in [0, 0.1) is 0 Å². The molecular formula is C12H22N4O. The highest BCUT2D eigenvalue weighted by atomic mass is 16.5. The third kappa shape index (κ3) is 4.28. The minimum atomic E-state index is 0.302. The van der Waals surface area contributed by atoms with Crippen molar-refractivity contribution in [3.8, 4) is 5.75 Å². The van der Waals surface area contributed by atoms with E-state index in [9.17, 15) is 0 Å². The molecule has 96 valence electrons. The van der Waals surface area contributed by atoms with E-state index in [1.54, 1.807) is 6.20 Å². The summed E-state index contributed by atoms with van der Waals surface area (Å²) in [4.78, 5) is 10.8. The van der Waals surface area contributed by atoms with Gasteiger partial charge in [0.1, 0.15) is 12.4 Å². The summed E-state index contributed by atoms with van der Waals surface area (Å²) in [7, 11) is 4.01. The van der Waals surface area contributed by atoms with Crippen LogP contribution in [0.25, 0.3) is 0 Å². The van der Waals surface area contributed by atoms with Gasteiger partial charge in [0.15, 0.2) is 5.75 Å². The van der Waals surface area contributed by atoms with Crippen molar-refractivity contribution in [2.24, 2.45) is 5.73 Å². The first-order chi connectivity index (χ1) is 8.04. The zero-order valence-corrected chi connectivity index (χ0v) is 11.1. The number of nitrogens with two attached hydrogens (primary N) is 1. The number of rotatable bonds is 6. The molecule has 1 aromatic heterocycles. The smallest absolute Gasteiger partial charge is 0.160 e. The minimum absolute atomic E-state index is 0.302. The Hall–Kier alpha value is -1.20. The van der Waals surface area contributed by atoms with E-state index in [1.807, 2.05) is 14.1 Å². The average molecular weight is 238 g/mol. The molecule has 1 rings (SSSR count).